The van der Waals surface area contributed by atoms with E-state index in [9.17, 15) is 14.0 Å². The Morgan fingerprint density at radius 3 is 2.76 bits per heavy atom. The molecule has 6 heteroatoms. The van der Waals surface area contributed by atoms with E-state index in [0.29, 0.717) is 5.69 Å². The Hall–Kier alpha value is -1.95. The van der Waals surface area contributed by atoms with Crippen molar-refractivity contribution in [3.05, 3.63) is 30.1 Å². The molecule has 0 spiro atoms. The zero-order valence-electron chi connectivity index (χ0n) is 9.33. The number of methoxy groups -OCH3 is 1. The molecule has 5 nitrogen and oxygen atoms in total. The van der Waals surface area contributed by atoms with E-state index in [1.807, 2.05) is 0 Å². The molecule has 0 bridgehead atoms. The zero-order chi connectivity index (χ0) is 12.7. The van der Waals surface area contributed by atoms with Crippen LogP contribution in [0.3, 0.4) is 0 Å². The van der Waals surface area contributed by atoms with Gasteiger partial charge in [-0.3, -0.25) is 14.9 Å². The molecule has 0 unspecified atom stereocenters. The van der Waals surface area contributed by atoms with Crippen LogP contribution in [0.25, 0.3) is 0 Å². The highest BCUT2D eigenvalue weighted by atomic mass is 19.1. The number of benzene rings is 1. The Morgan fingerprint density at radius 2 is 2.12 bits per heavy atom. The van der Waals surface area contributed by atoms with Crippen LogP contribution in [0.4, 0.5) is 10.1 Å². The van der Waals surface area contributed by atoms with Gasteiger partial charge in [-0.15, -0.1) is 0 Å². The van der Waals surface area contributed by atoms with Crippen molar-refractivity contribution in [3.8, 4) is 0 Å². The van der Waals surface area contributed by atoms with Crippen molar-refractivity contribution in [2.24, 2.45) is 0 Å². The summed E-state index contributed by atoms with van der Waals surface area (Å²) >= 11 is 0. The number of hydrogen-bond acceptors (Lipinski definition) is 4. The Bertz CT molecular complexity index is 409. The van der Waals surface area contributed by atoms with Crippen molar-refractivity contribution in [1.82, 2.24) is 5.32 Å². The third kappa shape index (κ3) is 5.07. The number of hydrogen-bond donors (Lipinski definition) is 2. The van der Waals surface area contributed by atoms with Gasteiger partial charge in [-0.2, -0.15) is 0 Å². The number of ether oxygens (including phenoxy) is 1. The van der Waals surface area contributed by atoms with Gasteiger partial charge in [0.15, 0.2) is 0 Å². The predicted molar refractivity (Wildman–Crippen MR) is 59.9 cm³/mol. The van der Waals surface area contributed by atoms with E-state index in [1.165, 1.54) is 25.3 Å². The van der Waals surface area contributed by atoms with Crippen LogP contribution in [0, 0.1) is 5.82 Å². The van der Waals surface area contributed by atoms with Crippen LogP contribution >= 0.6 is 0 Å². The first-order valence-electron chi connectivity index (χ1n) is 4.95. The summed E-state index contributed by atoms with van der Waals surface area (Å²) in [6.07, 6.45) is 0. The molecule has 2 N–H and O–H groups in total. The molecule has 0 aliphatic carbocycles. The van der Waals surface area contributed by atoms with Gasteiger partial charge in [0.05, 0.1) is 20.2 Å². The Kier molecular flexibility index (Phi) is 5.09. The Morgan fingerprint density at radius 1 is 1.35 bits per heavy atom. The minimum atomic E-state index is -0.455. The van der Waals surface area contributed by atoms with E-state index in [0.717, 1.165) is 0 Å². The molecule has 1 rings (SSSR count). The van der Waals surface area contributed by atoms with Crippen LogP contribution in [-0.4, -0.2) is 32.1 Å². The smallest absolute Gasteiger partial charge is 0.319 e. The van der Waals surface area contributed by atoms with Gasteiger partial charge in [0.1, 0.15) is 5.82 Å². The van der Waals surface area contributed by atoms with Crippen molar-refractivity contribution >= 4 is 17.6 Å². The van der Waals surface area contributed by atoms with Gasteiger partial charge in [-0.1, -0.05) is 6.07 Å². The summed E-state index contributed by atoms with van der Waals surface area (Å²) in [5.41, 5.74) is 0.370. The van der Waals surface area contributed by atoms with Crippen LogP contribution < -0.4 is 10.6 Å². The summed E-state index contributed by atoms with van der Waals surface area (Å²) in [6.45, 7) is -0.0985. The van der Waals surface area contributed by atoms with Gasteiger partial charge in [-0.05, 0) is 18.2 Å². The molecule has 0 saturated carbocycles. The molecule has 0 saturated heterocycles. The summed E-state index contributed by atoms with van der Waals surface area (Å²) in [4.78, 5) is 22.1. The SMILES string of the molecule is COC(=O)CNCC(=O)Nc1cccc(F)c1. The lowest BCUT2D eigenvalue weighted by Crippen LogP contribution is -2.32. The maximum Gasteiger partial charge on any atom is 0.319 e. The molecule has 0 heterocycles. The minimum Gasteiger partial charge on any atom is -0.468 e. The summed E-state index contributed by atoms with van der Waals surface area (Å²) < 4.78 is 17.2. The third-order valence-corrected chi connectivity index (χ3v) is 1.89. The highest BCUT2D eigenvalue weighted by Crippen LogP contribution is 2.08. The van der Waals surface area contributed by atoms with Crippen molar-refractivity contribution in [1.29, 1.82) is 0 Å². The second-order valence-electron chi connectivity index (χ2n) is 3.24. The van der Waals surface area contributed by atoms with E-state index in [2.05, 4.69) is 15.4 Å². The second kappa shape index (κ2) is 6.59. The average molecular weight is 240 g/mol. The number of carbonyl (C=O) groups excluding carboxylic acids is 2. The lowest BCUT2D eigenvalue weighted by atomic mass is 10.3. The molecule has 92 valence electrons. The summed E-state index contributed by atoms with van der Waals surface area (Å²) in [7, 11) is 1.26. The number of nitrogens with one attached hydrogen (secondary N) is 2. The number of carbonyl (C=O) groups is 2. The summed E-state index contributed by atoms with van der Waals surface area (Å²) in [5, 5.41) is 5.07. The van der Waals surface area contributed by atoms with E-state index in [-0.39, 0.29) is 19.0 Å². The van der Waals surface area contributed by atoms with Crippen LogP contribution in [0.15, 0.2) is 24.3 Å². The van der Waals surface area contributed by atoms with Crippen LogP contribution in [0.5, 0.6) is 0 Å². The fourth-order valence-corrected chi connectivity index (χ4v) is 1.12. The van der Waals surface area contributed by atoms with Crippen LogP contribution in [0.1, 0.15) is 0 Å². The van der Waals surface area contributed by atoms with Crippen LogP contribution in [-0.2, 0) is 14.3 Å². The van der Waals surface area contributed by atoms with E-state index in [4.69, 9.17) is 0 Å². The van der Waals surface area contributed by atoms with Crippen LogP contribution in [0.2, 0.25) is 0 Å². The van der Waals surface area contributed by atoms with Gasteiger partial charge in [0.25, 0.3) is 0 Å². The lowest BCUT2D eigenvalue weighted by molar-refractivity contribution is -0.139. The maximum absolute atomic E-state index is 12.8. The van der Waals surface area contributed by atoms with Gasteiger partial charge in [0, 0.05) is 5.69 Å². The number of esters is 1. The maximum atomic E-state index is 12.8. The molecule has 1 aromatic rings. The van der Waals surface area contributed by atoms with Gasteiger partial charge < -0.3 is 10.1 Å². The molecular weight excluding hydrogens is 227 g/mol. The number of amides is 1. The minimum absolute atomic E-state index is 0.0485. The molecule has 0 fully saturated rings. The summed E-state index contributed by atoms with van der Waals surface area (Å²) in [5.74, 6) is -1.24. The highest BCUT2D eigenvalue weighted by Gasteiger charge is 2.04. The molecule has 0 atom stereocenters. The first-order chi connectivity index (χ1) is 8.11. The molecule has 1 amide bonds. The average Bonchev–Trinajstić information content (AvgIpc) is 2.28. The fourth-order valence-electron chi connectivity index (χ4n) is 1.12. The van der Waals surface area contributed by atoms with Crippen molar-refractivity contribution in [2.75, 3.05) is 25.5 Å². The molecule has 1 aromatic carbocycles. The van der Waals surface area contributed by atoms with Gasteiger partial charge in [-0.25, -0.2) is 4.39 Å². The highest BCUT2D eigenvalue weighted by molar-refractivity contribution is 5.92. The third-order valence-electron chi connectivity index (χ3n) is 1.89. The Balaban J connectivity index is 2.32. The number of halogens is 1. The number of anilines is 1. The number of rotatable bonds is 5. The zero-order valence-corrected chi connectivity index (χ0v) is 9.33. The largest absolute Gasteiger partial charge is 0.468 e. The quantitative estimate of drug-likeness (QED) is 0.737. The van der Waals surface area contributed by atoms with Crippen molar-refractivity contribution < 1.29 is 18.7 Å². The first kappa shape index (κ1) is 13.1. The monoisotopic (exact) mass is 240 g/mol. The predicted octanol–water partition coefficient (Wildman–Crippen LogP) is 0.527. The summed E-state index contributed by atoms with van der Waals surface area (Å²) in [6, 6.07) is 5.55. The van der Waals surface area contributed by atoms with Gasteiger partial charge >= 0.3 is 5.97 Å². The molecular formula is C11H13FN2O3. The van der Waals surface area contributed by atoms with Gasteiger partial charge in [0.2, 0.25) is 5.91 Å². The van der Waals surface area contributed by atoms with Crippen molar-refractivity contribution in [2.45, 2.75) is 0 Å². The van der Waals surface area contributed by atoms with E-state index in [1.54, 1.807) is 6.07 Å². The Labute approximate surface area is 98.0 Å². The molecule has 0 aliphatic rings. The lowest BCUT2D eigenvalue weighted by Gasteiger charge is -2.05. The second-order valence-corrected chi connectivity index (χ2v) is 3.24. The standard InChI is InChI=1S/C11H13FN2O3/c1-17-11(16)7-13-6-10(15)14-9-4-2-3-8(12)5-9/h2-5,13H,6-7H2,1H3,(H,14,15). The molecule has 0 radical (unpaired) electrons. The molecule has 17 heavy (non-hydrogen) atoms. The van der Waals surface area contributed by atoms with Crippen molar-refractivity contribution in [3.63, 3.8) is 0 Å². The van der Waals surface area contributed by atoms with E-state index >= 15 is 0 Å². The topological polar surface area (TPSA) is 67.4 Å². The molecule has 0 aliphatic heterocycles. The normalized spacial score (nSPS) is 9.76. The first-order valence-corrected chi connectivity index (χ1v) is 4.95. The fraction of sp³-hybridized carbons (Fsp3) is 0.273. The molecule has 0 aromatic heterocycles. The van der Waals surface area contributed by atoms with E-state index < -0.39 is 11.8 Å².